The first-order valence-electron chi connectivity index (χ1n) is 8.77. The Morgan fingerprint density at radius 2 is 1.73 bits per heavy atom. The molecule has 0 fully saturated rings. The third kappa shape index (κ3) is 3.82. The molecule has 0 saturated carbocycles. The number of carbonyl (C=O) groups excluding carboxylic acids is 1. The summed E-state index contributed by atoms with van der Waals surface area (Å²) >= 11 is 0. The molecule has 1 N–H and O–H groups in total. The normalized spacial score (nSPS) is 10.8. The highest BCUT2D eigenvalue weighted by atomic mass is 16.5. The number of aromatic nitrogens is 2. The van der Waals surface area contributed by atoms with Gasteiger partial charge in [-0.05, 0) is 68.1 Å². The van der Waals surface area contributed by atoms with E-state index in [1.807, 2.05) is 64.1 Å². The topological polar surface area (TPSA) is 64.1 Å². The maximum atomic E-state index is 12.8. The van der Waals surface area contributed by atoms with Gasteiger partial charge in [0.05, 0.1) is 17.6 Å². The predicted octanol–water partition coefficient (Wildman–Crippen LogP) is 4.60. The van der Waals surface area contributed by atoms with Crippen LogP contribution in [0.3, 0.4) is 0 Å². The summed E-state index contributed by atoms with van der Waals surface area (Å²) in [5, 5.41) is 2.89. The number of hydrogen-bond donors (Lipinski definition) is 1. The molecule has 26 heavy (non-hydrogen) atoms. The molecule has 2 aromatic carbocycles. The summed E-state index contributed by atoms with van der Waals surface area (Å²) in [6.07, 6.45) is 0.825. The largest absolute Gasteiger partial charge is 0.476 e. The minimum absolute atomic E-state index is 0.204. The molecule has 0 aliphatic heterocycles. The molecule has 1 aromatic heterocycles. The van der Waals surface area contributed by atoms with Crippen molar-refractivity contribution in [2.24, 2.45) is 0 Å². The Morgan fingerprint density at radius 1 is 1.04 bits per heavy atom. The second kappa shape index (κ2) is 7.52. The van der Waals surface area contributed by atoms with Crippen molar-refractivity contribution >= 4 is 22.6 Å². The van der Waals surface area contributed by atoms with Gasteiger partial charge in [0.25, 0.3) is 5.91 Å². The number of ether oxygens (including phenoxy) is 1. The van der Waals surface area contributed by atoms with Gasteiger partial charge < -0.3 is 10.1 Å². The standard InChI is InChI=1S/C21H23N3O2/c1-5-9-26-21-19(20(25)22-16-8-6-7-13(2)10-16)23-17-11-14(3)15(4)12-18(17)24-21/h6-8,10-12H,5,9H2,1-4H3,(H,22,25). The van der Waals surface area contributed by atoms with E-state index in [1.54, 1.807) is 0 Å². The lowest BCUT2D eigenvalue weighted by atomic mass is 10.1. The van der Waals surface area contributed by atoms with Crippen molar-refractivity contribution in [2.75, 3.05) is 11.9 Å². The second-order valence-electron chi connectivity index (χ2n) is 6.47. The van der Waals surface area contributed by atoms with Gasteiger partial charge in [0.1, 0.15) is 0 Å². The third-order valence-corrected chi connectivity index (χ3v) is 4.18. The maximum absolute atomic E-state index is 12.8. The highest BCUT2D eigenvalue weighted by molar-refractivity contribution is 6.05. The maximum Gasteiger partial charge on any atom is 0.279 e. The van der Waals surface area contributed by atoms with Crippen molar-refractivity contribution in [3.05, 3.63) is 58.8 Å². The van der Waals surface area contributed by atoms with Crippen LogP contribution in [0.1, 0.15) is 40.5 Å². The van der Waals surface area contributed by atoms with Gasteiger partial charge >= 0.3 is 0 Å². The molecule has 5 heteroatoms. The van der Waals surface area contributed by atoms with Gasteiger partial charge in [-0.15, -0.1) is 0 Å². The molecule has 0 aliphatic carbocycles. The van der Waals surface area contributed by atoms with Gasteiger partial charge in [0.2, 0.25) is 5.88 Å². The van der Waals surface area contributed by atoms with E-state index in [1.165, 1.54) is 0 Å². The number of rotatable bonds is 5. The first kappa shape index (κ1) is 17.9. The molecule has 5 nitrogen and oxygen atoms in total. The highest BCUT2D eigenvalue weighted by Gasteiger charge is 2.18. The average molecular weight is 349 g/mol. The van der Waals surface area contributed by atoms with Crippen LogP contribution >= 0.6 is 0 Å². The molecule has 0 radical (unpaired) electrons. The number of nitrogens with one attached hydrogen (secondary N) is 1. The molecule has 3 aromatic rings. The Morgan fingerprint density at radius 3 is 2.38 bits per heavy atom. The van der Waals surface area contributed by atoms with Crippen molar-refractivity contribution in [3.63, 3.8) is 0 Å². The van der Waals surface area contributed by atoms with E-state index in [0.29, 0.717) is 12.1 Å². The minimum Gasteiger partial charge on any atom is -0.476 e. The highest BCUT2D eigenvalue weighted by Crippen LogP contribution is 2.23. The first-order chi connectivity index (χ1) is 12.5. The van der Waals surface area contributed by atoms with Crippen LogP contribution in [0.5, 0.6) is 5.88 Å². The Labute approximate surface area is 153 Å². The number of nitrogens with zero attached hydrogens (tertiary/aromatic N) is 2. The molecular formula is C21H23N3O2. The molecular weight excluding hydrogens is 326 g/mol. The fourth-order valence-corrected chi connectivity index (χ4v) is 2.66. The van der Waals surface area contributed by atoms with Gasteiger partial charge in [0, 0.05) is 5.69 Å². The second-order valence-corrected chi connectivity index (χ2v) is 6.47. The van der Waals surface area contributed by atoms with E-state index in [-0.39, 0.29) is 17.5 Å². The zero-order valence-electron chi connectivity index (χ0n) is 15.6. The van der Waals surface area contributed by atoms with E-state index in [9.17, 15) is 4.79 Å². The lowest BCUT2D eigenvalue weighted by Crippen LogP contribution is -2.17. The monoisotopic (exact) mass is 349 g/mol. The molecule has 0 unspecified atom stereocenters. The molecule has 3 rings (SSSR count). The number of hydrogen-bond acceptors (Lipinski definition) is 4. The number of benzene rings is 2. The van der Waals surface area contributed by atoms with Gasteiger partial charge in [-0.1, -0.05) is 19.1 Å². The predicted molar refractivity (Wildman–Crippen MR) is 104 cm³/mol. The summed E-state index contributed by atoms with van der Waals surface area (Å²) in [4.78, 5) is 21.9. The van der Waals surface area contributed by atoms with Crippen LogP contribution in [0.4, 0.5) is 5.69 Å². The van der Waals surface area contributed by atoms with E-state index < -0.39 is 0 Å². The zero-order chi connectivity index (χ0) is 18.7. The molecule has 0 bridgehead atoms. The van der Waals surface area contributed by atoms with E-state index >= 15 is 0 Å². The van der Waals surface area contributed by atoms with Crippen LogP contribution in [-0.2, 0) is 0 Å². The molecule has 134 valence electrons. The minimum atomic E-state index is -0.325. The summed E-state index contributed by atoms with van der Waals surface area (Å²) in [7, 11) is 0. The number of fused-ring (bicyclic) bond motifs is 1. The molecule has 0 aliphatic rings. The van der Waals surface area contributed by atoms with Crippen molar-refractivity contribution in [2.45, 2.75) is 34.1 Å². The van der Waals surface area contributed by atoms with Gasteiger partial charge in [-0.3, -0.25) is 4.79 Å². The van der Waals surface area contributed by atoms with Crippen LogP contribution < -0.4 is 10.1 Å². The smallest absolute Gasteiger partial charge is 0.279 e. The SMILES string of the molecule is CCCOc1nc2cc(C)c(C)cc2nc1C(=O)Nc1cccc(C)c1. The lowest BCUT2D eigenvalue weighted by molar-refractivity contribution is 0.101. The number of amides is 1. The Bertz CT molecular complexity index is 967. The molecule has 0 atom stereocenters. The van der Waals surface area contributed by atoms with Crippen LogP contribution in [-0.4, -0.2) is 22.5 Å². The van der Waals surface area contributed by atoms with E-state index in [4.69, 9.17) is 4.74 Å². The van der Waals surface area contributed by atoms with Gasteiger partial charge in [-0.25, -0.2) is 9.97 Å². The quantitative estimate of drug-likeness (QED) is 0.731. The van der Waals surface area contributed by atoms with Gasteiger partial charge in [-0.2, -0.15) is 0 Å². The van der Waals surface area contributed by atoms with Crippen LogP contribution in [0.2, 0.25) is 0 Å². The molecule has 0 saturated heterocycles. The van der Waals surface area contributed by atoms with Gasteiger partial charge in [0.15, 0.2) is 5.69 Å². The Balaban J connectivity index is 2.03. The number of carbonyl (C=O) groups is 1. The third-order valence-electron chi connectivity index (χ3n) is 4.18. The van der Waals surface area contributed by atoms with E-state index in [2.05, 4.69) is 15.3 Å². The Hall–Kier alpha value is -2.95. The summed E-state index contributed by atoms with van der Waals surface area (Å²) in [6, 6.07) is 11.6. The first-order valence-corrected chi connectivity index (χ1v) is 8.77. The zero-order valence-corrected chi connectivity index (χ0v) is 15.6. The Kier molecular flexibility index (Phi) is 5.16. The van der Waals surface area contributed by atoms with Crippen LogP contribution in [0.25, 0.3) is 11.0 Å². The summed E-state index contributed by atoms with van der Waals surface area (Å²) in [5.74, 6) is -0.0536. The number of anilines is 1. The lowest BCUT2D eigenvalue weighted by Gasteiger charge is -2.12. The fourth-order valence-electron chi connectivity index (χ4n) is 2.66. The summed E-state index contributed by atoms with van der Waals surface area (Å²) in [5.41, 5.74) is 5.65. The van der Waals surface area contributed by atoms with Crippen LogP contribution in [0.15, 0.2) is 36.4 Å². The fraction of sp³-hybridized carbons (Fsp3) is 0.286. The van der Waals surface area contributed by atoms with Crippen molar-refractivity contribution in [1.82, 2.24) is 9.97 Å². The van der Waals surface area contributed by atoms with Crippen molar-refractivity contribution in [3.8, 4) is 5.88 Å². The van der Waals surface area contributed by atoms with E-state index in [0.717, 1.165) is 34.3 Å². The number of aryl methyl sites for hydroxylation is 3. The van der Waals surface area contributed by atoms with Crippen molar-refractivity contribution in [1.29, 1.82) is 0 Å². The van der Waals surface area contributed by atoms with Crippen molar-refractivity contribution < 1.29 is 9.53 Å². The van der Waals surface area contributed by atoms with Crippen LogP contribution in [0, 0.1) is 20.8 Å². The molecule has 0 spiro atoms. The summed E-state index contributed by atoms with van der Waals surface area (Å²) in [6.45, 7) is 8.52. The molecule has 1 amide bonds. The average Bonchev–Trinajstić information content (AvgIpc) is 2.60. The molecule has 1 heterocycles. The summed E-state index contributed by atoms with van der Waals surface area (Å²) < 4.78 is 5.71.